The lowest BCUT2D eigenvalue weighted by Crippen LogP contribution is -2.43. The predicted octanol–water partition coefficient (Wildman–Crippen LogP) is 2.05. The van der Waals surface area contributed by atoms with Crippen LogP contribution in [0, 0.1) is 0 Å². The van der Waals surface area contributed by atoms with E-state index in [2.05, 4.69) is 0 Å². The number of hydrogen-bond donors (Lipinski definition) is 0. The summed E-state index contributed by atoms with van der Waals surface area (Å²) in [6.07, 6.45) is 0. The largest absolute Gasteiger partial charge is 0.378 e. The van der Waals surface area contributed by atoms with Crippen molar-refractivity contribution in [3.05, 3.63) is 46.4 Å². The molecule has 0 saturated carbocycles. The van der Waals surface area contributed by atoms with Crippen LogP contribution in [0.15, 0.2) is 35.1 Å². The number of amides is 1. The molecular weight excluding hydrogens is 280 g/mol. The van der Waals surface area contributed by atoms with Gasteiger partial charge in [-0.2, -0.15) is 0 Å². The molecule has 0 bridgehead atoms. The maximum Gasteiger partial charge on any atom is 0.270 e. The predicted molar refractivity (Wildman–Crippen MR) is 85.3 cm³/mol. The molecule has 5 heteroatoms. The zero-order chi connectivity index (χ0) is 15.7. The Bertz CT molecular complexity index is 758. The minimum Gasteiger partial charge on any atom is -0.378 e. The Labute approximate surface area is 129 Å². The van der Waals surface area contributed by atoms with Crippen molar-refractivity contribution in [3.63, 3.8) is 0 Å². The standard InChI is InChI=1S/C17H20N2O3/c1-12(2)19-15(17(21)18-7-9-22-10-8-18)11-13-5-3-4-6-14(13)16(19)20/h3-6,11-12H,7-10H2,1-2H3. The first-order valence-corrected chi connectivity index (χ1v) is 7.61. The summed E-state index contributed by atoms with van der Waals surface area (Å²) < 4.78 is 6.89. The molecule has 0 unspecified atom stereocenters. The maximum atomic E-state index is 12.8. The number of aromatic nitrogens is 1. The molecule has 1 fully saturated rings. The lowest BCUT2D eigenvalue weighted by Gasteiger charge is -2.28. The van der Waals surface area contributed by atoms with Gasteiger partial charge in [-0.05, 0) is 31.4 Å². The van der Waals surface area contributed by atoms with Crippen LogP contribution in [0.2, 0.25) is 0 Å². The van der Waals surface area contributed by atoms with Crippen LogP contribution in [-0.4, -0.2) is 41.7 Å². The fourth-order valence-electron chi connectivity index (χ4n) is 2.88. The number of hydrogen-bond acceptors (Lipinski definition) is 3. The van der Waals surface area contributed by atoms with Gasteiger partial charge in [0.1, 0.15) is 5.69 Å². The summed E-state index contributed by atoms with van der Waals surface area (Å²) in [5.41, 5.74) is 0.352. The molecule has 0 spiro atoms. The molecule has 1 saturated heterocycles. The minimum atomic E-state index is -0.107. The summed E-state index contributed by atoms with van der Waals surface area (Å²) in [5, 5.41) is 1.45. The number of rotatable bonds is 2. The summed E-state index contributed by atoms with van der Waals surface area (Å²) in [6.45, 7) is 6.07. The van der Waals surface area contributed by atoms with E-state index in [1.165, 1.54) is 0 Å². The third kappa shape index (κ3) is 2.52. The number of morpholine rings is 1. The highest BCUT2D eigenvalue weighted by atomic mass is 16.5. The first kappa shape index (κ1) is 14.8. The lowest BCUT2D eigenvalue weighted by atomic mass is 10.1. The monoisotopic (exact) mass is 300 g/mol. The van der Waals surface area contributed by atoms with Crippen LogP contribution in [0.3, 0.4) is 0 Å². The Balaban J connectivity index is 2.16. The Morgan fingerprint density at radius 1 is 1.18 bits per heavy atom. The molecule has 0 N–H and O–H groups in total. The summed E-state index contributed by atoms with van der Waals surface area (Å²) in [5.74, 6) is -0.0974. The molecular formula is C17H20N2O3. The molecule has 22 heavy (non-hydrogen) atoms. The van der Waals surface area contributed by atoms with Gasteiger partial charge in [0.2, 0.25) is 0 Å². The highest BCUT2D eigenvalue weighted by Gasteiger charge is 2.23. The molecule has 1 amide bonds. The van der Waals surface area contributed by atoms with Crippen LogP contribution in [-0.2, 0) is 4.74 Å². The topological polar surface area (TPSA) is 51.5 Å². The van der Waals surface area contributed by atoms with Crippen molar-refractivity contribution in [2.24, 2.45) is 0 Å². The van der Waals surface area contributed by atoms with Crippen molar-refractivity contribution in [3.8, 4) is 0 Å². The van der Waals surface area contributed by atoms with Crippen LogP contribution in [0.1, 0.15) is 30.4 Å². The van der Waals surface area contributed by atoms with E-state index in [1.807, 2.05) is 38.1 Å². The molecule has 1 aliphatic heterocycles. The second kappa shape index (κ2) is 5.93. The highest BCUT2D eigenvalue weighted by Crippen LogP contribution is 2.17. The van der Waals surface area contributed by atoms with Gasteiger partial charge in [0, 0.05) is 24.5 Å². The Morgan fingerprint density at radius 2 is 1.86 bits per heavy atom. The second-order valence-electron chi connectivity index (χ2n) is 5.79. The van der Waals surface area contributed by atoms with Crippen molar-refractivity contribution in [1.82, 2.24) is 9.47 Å². The number of ether oxygens (including phenoxy) is 1. The molecule has 3 rings (SSSR count). The zero-order valence-electron chi connectivity index (χ0n) is 12.9. The van der Waals surface area contributed by atoms with Gasteiger partial charge < -0.3 is 14.2 Å². The van der Waals surface area contributed by atoms with E-state index >= 15 is 0 Å². The number of benzene rings is 1. The second-order valence-corrected chi connectivity index (χ2v) is 5.79. The normalized spacial score (nSPS) is 15.5. The number of pyridine rings is 1. The van der Waals surface area contributed by atoms with Gasteiger partial charge in [-0.15, -0.1) is 0 Å². The Kier molecular flexibility index (Phi) is 3.98. The quantitative estimate of drug-likeness (QED) is 0.853. The lowest BCUT2D eigenvalue weighted by molar-refractivity contribution is 0.0294. The molecule has 1 aromatic carbocycles. The van der Waals surface area contributed by atoms with Gasteiger partial charge in [-0.25, -0.2) is 0 Å². The Hall–Kier alpha value is -2.14. The molecule has 2 aromatic rings. The fourth-order valence-corrected chi connectivity index (χ4v) is 2.88. The van der Waals surface area contributed by atoms with Crippen LogP contribution < -0.4 is 5.56 Å². The van der Waals surface area contributed by atoms with Crippen molar-refractivity contribution < 1.29 is 9.53 Å². The molecule has 1 aliphatic rings. The van der Waals surface area contributed by atoms with Gasteiger partial charge in [0.05, 0.1) is 13.2 Å². The fraction of sp³-hybridized carbons (Fsp3) is 0.412. The number of carbonyl (C=O) groups is 1. The minimum absolute atomic E-state index is 0.0721. The number of carbonyl (C=O) groups excluding carboxylic acids is 1. The molecule has 116 valence electrons. The van der Waals surface area contributed by atoms with Crippen LogP contribution in [0.25, 0.3) is 10.8 Å². The van der Waals surface area contributed by atoms with Gasteiger partial charge in [-0.1, -0.05) is 18.2 Å². The summed E-state index contributed by atoms with van der Waals surface area (Å²) in [7, 11) is 0. The highest BCUT2D eigenvalue weighted by molar-refractivity contribution is 5.96. The summed E-state index contributed by atoms with van der Waals surface area (Å²) in [6, 6.07) is 9.16. The third-order valence-corrected chi connectivity index (χ3v) is 4.00. The first-order valence-electron chi connectivity index (χ1n) is 7.61. The van der Waals surface area contributed by atoms with E-state index in [0.29, 0.717) is 37.4 Å². The zero-order valence-corrected chi connectivity index (χ0v) is 12.9. The van der Waals surface area contributed by atoms with Gasteiger partial charge in [0.25, 0.3) is 11.5 Å². The van der Waals surface area contributed by atoms with E-state index in [9.17, 15) is 9.59 Å². The van der Waals surface area contributed by atoms with E-state index in [0.717, 1.165) is 5.39 Å². The molecule has 0 atom stereocenters. The number of nitrogens with zero attached hydrogens (tertiary/aromatic N) is 2. The van der Waals surface area contributed by atoms with Crippen LogP contribution in [0.5, 0.6) is 0 Å². The number of fused-ring (bicyclic) bond motifs is 1. The average Bonchev–Trinajstić information content (AvgIpc) is 2.54. The van der Waals surface area contributed by atoms with Crippen LogP contribution in [0.4, 0.5) is 0 Å². The maximum absolute atomic E-state index is 12.8. The summed E-state index contributed by atoms with van der Waals surface area (Å²) in [4.78, 5) is 27.3. The molecule has 1 aromatic heterocycles. The SMILES string of the molecule is CC(C)n1c(C(=O)N2CCOCC2)cc2ccccc2c1=O. The van der Waals surface area contributed by atoms with Gasteiger partial charge in [-0.3, -0.25) is 9.59 Å². The van der Waals surface area contributed by atoms with Gasteiger partial charge in [0.15, 0.2) is 0 Å². The van der Waals surface area contributed by atoms with E-state index < -0.39 is 0 Å². The van der Waals surface area contributed by atoms with E-state index in [-0.39, 0.29) is 17.5 Å². The van der Waals surface area contributed by atoms with Crippen molar-refractivity contribution in [2.75, 3.05) is 26.3 Å². The van der Waals surface area contributed by atoms with Crippen molar-refractivity contribution >= 4 is 16.7 Å². The molecule has 2 heterocycles. The average molecular weight is 300 g/mol. The van der Waals surface area contributed by atoms with Gasteiger partial charge >= 0.3 is 0 Å². The van der Waals surface area contributed by atoms with Crippen molar-refractivity contribution in [2.45, 2.75) is 19.9 Å². The third-order valence-electron chi connectivity index (χ3n) is 4.00. The van der Waals surface area contributed by atoms with Crippen molar-refractivity contribution in [1.29, 1.82) is 0 Å². The molecule has 0 radical (unpaired) electrons. The smallest absolute Gasteiger partial charge is 0.270 e. The summed E-state index contributed by atoms with van der Waals surface area (Å²) >= 11 is 0. The van der Waals surface area contributed by atoms with E-state index in [1.54, 1.807) is 15.5 Å². The van der Waals surface area contributed by atoms with Crippen LogP contribution >= 0.6 is 0 Å². The van der Waals surface area contributed by atoms with E-state index in [4.69, 9.17) is 4.74 Å². The molecule has 5 nitrogen and oxygen atoms in total. The molecule has 0 aliphatic carbocycles. The Morgan fingerprint density at radius 3 is 2.55 bits per heavy atom. The first-order chi connectivity index (χ1) is 10.6.